The number of benzene rings is 1. The smallest absolute Gasteiger partial charge is 0.418 e. The Morgan fingerprint density at radius 2 is 1.84 bits per heavy atom. The largest absolute Gasteiger partial charge is 0.481 e. The molecule has 2 aromatic heterocycles. The predicted molar refractivity (Wildman–Crippen MR) is 136 cm³/mol. The Hall–Kier alpha value is -3.86. The molecule has 12 heteroatoms. The zero-order valence-corrected chi connectivity index (χ0v) is 21.2. The van der Waals surface area contributed by atoms with Crippen molar-refractivity contribution in [1.82, 2.24) is 14.9 Å². The summed E-state index contributed by atoms with van der Waals surface area (Å²) >= 11 is 5.82. The number of aromatic nitrogens is 2. The third kappa shape index (κ3) is 4.51. The molecule has 4 heterocycles. The molecule has 2 amide bonds. The first-order valence-electron chi connectivity index (χ1n) is 11.8. The van der Waals surface area contributed by atoms with Crippen LogP contribution in [0.5, 0.6) is 5.88 Å². The summed E-state index contributed by atoms with van der Waals surface area (Å²) < 4.78 is 46.5. The van der Waals surface area contributed by atoms with E-state index in [0.29, 0.717) is 35.7 Å². The monoisotopic (exact) mass is 545 g/mol. The van der Waals surface area contributed by atoms with Gasteiger partial charge in [0.15, 0.2) is 6.29 Å². The minimum absolute atomic E-state index is 0.0571. The predicted octanol–water partition coefficient (Wildman–Crippen LogP) is 5.16. The summed E-state index contributed by atoms with van der Waals surface area (Å²) in [5, 5.41) is -0.0634. The summed E-state index contributed by atoms with van der Waals surface area (Å²) in [6.45, 7) is 2.53. The molecule has 2 atom stereocenters. The normalized spacial score (nSPS) is 19.5. The van der Waals surface area contributed by atoms with Gasteiger partial charge in [0.2, 0.25) is 5.88 Å². The number of hydrogen-bond donors (Lipinski definition) is 0. The second-order valence-corrected chi connectivity index (χ2v) is 9.58. The van der Waals surface area contributed by atoms with Crippen LogP contribution < -0.4 is 14.5 Å². The number of alkyl halides is 3. The highest BCUT2D eigenvalue weighted by Crippen LogP contribution is 2.41. The van der Waals surface area contributed by atoms with Gasteiger partial charge >= 0.3 is 12.2 Å². The van der Waals surface area contributed by atoms with Crippen molar-refractivity contribution in [2.45, 2.75) is 25.2 Å². The molecule has 0 radical (unpaired) electrons. The SMILES string of the molecule is COc1ncccc1-c1ccc(N2C[C@H]3CN(c4ccc(Cl)cc4C(F)(F)F)C(=O)N3C[C@H]2C)c(C=O)n1. The summed E-state index contributed by atoms with van der Waals surface area (Å²) in [4.78, 5) is 38.7. The van der Waals surface area contributed by atoms with Gasteiger partial charge in [0, 0.05) is 36.9 Å². The topological polar surface area (TPSA) is 78.9 Å². The second-order valence-electron chi connectivity index (χ2n) is 9.14. The van der Waals surface area contributed by atoms with Gasteiger partial charge in [-0.25, -0.2) is 14.8 Å². The van der Waals surface area contributed by atoms with Crippen LogP contribution >= 0.6 is 11.6 Å². The summed E-state index contributed by atoms with van der Waals surface area (Å²) in [5.74, 6) is 0.372. The van der Waals surface area contributed by atoms with E-state index in [9.17, 15) is 22.8 Å². The molecule has 0 bridgehead atoms. The van der Waals surface area contributed by atoms with Gasteiger partial charge in [-0.3, -0.25) is 9.69 Å². The molecule has 2 aliphatic heterocycles. The molecule has 2 aliphatic rings. The summed E-state index contributed by atoms with van der Waals surface area (Å²) in [6, 6.07) is 9.34. The molecule has 198 valence electrons. The maximum absolute atomic E-state index is 13.7. The van der Waals surface area contributed by atoms with Gasteiger partial charge in [0.25, 0.3) is 0 Å². The van der Waals surface area contributed by atoms with Gasteiger partial charge in [-0.15, -0.1) is 0 Å². The van der Waals surface area contributed by atoms with Gasteiger partial charge in [-0.1, -0.05) is 11.6 Å². The van der Waals surface area contributed by atoms with E-state index in [-0.39, 0.29) is 35.5 Å². The van der Waals surface area contributed by atoms with Crippen molar-refractivity contribution in [1.29, 1.82) is 0 Å². The molecule has 0 aliphatic carbocycles. The number of rotatable bonds is 5. The molecule has 0 N–H and O–H groups in total. The Labute approximate surface area is 221 Å². The van der Waals surface area contributed by atoms with Crippen LogP contribution in [0.15, 0.2) is 48.7 Å². The van der Waals surface area contributed by atoms with Crippen molar-refractivity contribution in [3.05, 3.63) is 64.9 Å². The van der Waals surface area contributed by atoms with E-state index in [2.05, 4.69) is 9.97 Å². The van der Waals surface area contributed by atoms with Gasteiger partial charge in [-0.2, -0.15) is 13.2 Å². The van der Waals surface area contributed by atoms with Crippen molar-refractivity contribution in [2.24, 2.45) is 0 Å². The van der Waals surface area contributed by atoms with Crippen molar-refractivity contribution in [2.75, 3.05) is 36.5 Å². The lowest BCUT2D eigenvalue weighted by molar-refractivity contribution is -0.137. The third-order valence-electron chi connectivity index (χ3n) is 6.83. The molecule has 0 unspecified atom stereocenters. The van der Waals surface area contributed by atoms with E-state index in [4.69, 9.17) is 16.3 Å². The Kier molecular flexibility index (Phi) is 6.64. The summed E-state index contributed by atoms with van der Waals surface area (Å²) in [6.07, 6.45) is -2.42. The quantitative estimate of drug-likeness (QED) is 0.412. The van der Waals surface area contributed by atoms with Crippen LogP contribution in [0.1, 0.15) is 23.0 Å². The highest BCUT2D eigenvalue weighted by molar-refractivity contribution is 6.30. The highest BCUT2D eigenvalue weighted by Gasteiger charge is 2.46. The standard InChI is InChI=1S/C26H23ClF3N5O3/c1-15-11-34-17(13-35(25(34)37)22-7-5-16(27)10-19(22)26(28,29)30)12-33(15)23-8-6-20(32-21(23)14-36)18-4-3-9-31-24(18)38-2/h3-10,14-15,17H,11-13H2,1-2H3/t15-,17+/m1/s1. The molecule has 2 fully saturated rings. The van der Waals surface area contributed by atoms with Gasteiger partial charge in [0.05, 0.1) is 41.3 Å². The number of carbonyl (C=O) groups is 2. The third-order valence-corrected chi connectivity index (χ3v) is 7.06. The summed E-state index contributed by atoms with van der Waals surface area (Å²) in [5.41, 5.74) is 0.723. The zero-order valence-electron chi connectivity index (χ0n) is 20.4. The maximum atomic E-state index is 13.7. The fourth-order valence-corrected chi connectivity index (χ4v) is 5.25. The van der Waals surface area contributed by atoms with Gasteiger partial charge in [-0.05, 0) is 49.4 Å². The average Bonchev–Trinajstić information content (AvgIpc) is 3.22. The first-order valence-corrected chi connectivity index (χ1v) is 12.2. The van der Waals surface area contributed by atoms with E-state index in [1.807, 2.05) is 11.8 Å². The Balaban J connectivity index is 1.44. The zero-order chi connectivity index (χ0) is 27.2. The van der Waals surface area contributed by atoms with Crippen LogP contribution in [-0.4, -0.2) is 66.0 Å². The molecule has 3 aromatic rings. The number of urea groups is 1. The second kappa shape index (κ2) is 9.79. The van der Waals surface area contributed by atoms with Crippen LogP contribution in [0.25, 0.3) is 11.3 Å². The Morgan fingerprint density at radius 1 is 1.08 bits per heavy atom. The van der Waals surface area contributed by atoms with E-state index in [0.717, 1.165) is 11.0 Å². The van der Waals surface area contributed by atoms with Crippen LogP contribution in [0.3, 0.4) is 0 Å². The van der Waals surface area contributed by atoms with Gasteiger partial charge < -0.3 is 14.5 Å². The fraction of sp³-hybridized carbons (Fsp3) is 0.308. The van der Waals surface area contributed by atoms with Crippen molar-refractivity contribution < 1.29 is 27.5 Å². The minimum Gasteiger partial charge on any atom is -0.481 e. The molecular weight excluding hydrogens is 523 g/mol. The molecule has 5 rings (SSSR count). The number of hydrogen-bond acceptors (Lipinski definition) is 6. The number of amides is 2. The van der Waals surface area contributed by atoms with Crippen LogP contribution in [0.2, 0.25) is 5.02 Å². The number of nitrogens with zero attached hydrogens (tertiary/aromatic N) is 5. The number of aldehydes is 1. The van der Waals surface area contributed by atoms with Crippen molar-refractivity contribution in [3.63, 3.8) is 0 Å². The average molecular weight is 546 g/mol. The number of pyridine rings is 2. The Morgan fingerprint density at radius 3 is 2.55 bits per heavy atom. The number of anilines is 2. The Bertz CT molecular complexity index is 1400. The van der Waals surface area contributed by atoms with Crippen molar-refractivity contribution in [3.8, 4) is 17.1 Å². The fourth-order valence-electron chi connectivity index (χ4n) is 5.08. The van der Waals surface area contributed by atoms with E-state index < -0.39 is 23.8 Å². The van der Waals surface area contributed by atoms with E-state index in [1.54, 1.807) is 35.4 Å². The molecule has 0 spiro atoms. The molecule has 1 aromatic carbocycles. The number of ether oxygens (including phenoxy) is 1. The van der Waals surface area contributed by atoms with Crippen LogP contribution in [-0.2, 0) is 6.18 Å². The molecular formula is C26H23ClF3N5O3. The van der Waals surface area contributed by atoms with Crippen LogP contribution in [0, 0.1) is 0 Å². The number of piperazine rings is 1. The number of methoxy groups -OCH3 is 1. The highest BCUT2D eigenvalue weighted by atomic mass is 35.5. The lowest BCUT2D eigenvalue weighted by atomic mass is 10.1. The number of halogens is 4. The van der Waals surface area contributed by atoms with Crippen LogP contribution in [0.4, 0.5) is 29.3 Å². The van der Waals surface area contributed by atoms with E-state index in [1.165, 1.54) is 19.2 Å². The molecule has 2 saturated heterocycles. The van der Waals surface area contributed by atoms with Crippen molar-refractivity contribution >= 4 is 35.3 Å². The number of carbonyl (C=O) groups excluding carboxylic acids is 2. The molecule has 0 saturated carbocycles. The maximum Gasteiger partial charge on any atom is 0.418 e. The van der Waals surface area contributed by atoms with E-state index >= 15 is 0 Å². The molecule has 38 heavy (non-hydrogen) atoms. The minimum atomic E-state index is -4.67. The number of fused-ring (bicyclic) bond motifs is 1. The lowest BCUT2D eigenvalue weighted by Crippen LogP contribution is -2.57. The summed E-state index contributed by atoms with van der Waals surface area (Å²) in [7, 11) is 1.50. The lowest BCUT2D eigenvalue weighted by Gasteiger charge is -2.42. The first-order chi connectivity index (χ1) is 18.1. The van der Waals surface area contributed by atoms with Gasteiger partial charge in [0.1, 0.15) is 5.69 Å². The first kappa shape index (κ1) is 25.8. The molecule has 8 nitrogen and oxygen atoms in total.